The van der Waals surface area contributed by atoms with Crippen LogP contribution in [-0.4, -0.2) is 29.0 Å². The smallest absolute Gasteiger partial charge is 0.361 e. The van der Waals surface area contributed by atoms with Crippen LogP contribution in [0.2, 0.25) is 0 Å². The lowest BCUT2D eigenvalue weighted by Gasteiger charge is -2.06. The van der Waals surface area contributed by atoms with E-state index < -0.39 is 5.97 Å². The van der Waals surface area contributed by atoms with E-state index in [4.69, 9.17) is 15.2 Å². The fourth-order valence-corrected chi connectivity index (χ4v) is 1.54. The van der Waals surface area contributed by atoms with Gasteiger partial charge in [-0.15, -0.1) is 0 Å². The summed E-state index contributed by atoms with van der Waals surface area (Å²) in [5.41, 5.74) is 6.05. The Morgan fingerprint density at radius 1 is 1.32 bits per heavy atom. The number of nitrogen functional groups attached to an aromatic ring is 1. The number of esters is 1. The van der Waals surface area contributed by atoms with Gasteiger partial charge in [-0.2, -0.15) is 5.10 Å². The van der Waals surface area contributed by atoms with Crippen LogP contribution in [0.15, 0.2) is 36.5 Å². The number of hydrogen-bond acceptors (Lipinski definition) is 5. The minimum absolute atomic E-state index is 0.127. The van der Waals surface area contributed by atoms with Gasteiger partial charge in [0.15, 0.2) is 5.69 Å². The van der Waals surface area contributed by atoms with Gasteiger partial charge in [-0.3, -0.25) is 4.68 Å². The summed E-state index contributed by atoms with van der Waals surface area (Å²) in [7, 11) is 1.69. The molecule has 6 heteroatoms. The highest BCUT2D eigenvalue weighted by molar-refractivity contribution is 5.92. The van der Waals surface area contributed by atoms with Crippen molar-refractivity contribution in [1.82, 2.24) is 9.78 Å². The molecule has 0 aliphatic carbocycles. The molecule has 0 radical (unpaired) electrons. The standard InChI is InChI=1S/C13H15N3O3/c1-16-9-11(14)12(15-16)13(17)19-8-7-18-10-5-3-2-4-6-10/h2-6,9H,7-8,14H2,1H3. The molecule has 0 bridgehead atoms. The van der Waals surface area contributed by atoms with Crippen molar-refractivity contribution in [1.29, 1.82) is 0 Å². The highest BCUT2D eigenvalue weighted by atomic mass is 16.6. The van der Waals surface area contributed by atoms with Gasteiger partial charge in [0.25, 0.3) is 0 Å². The number of ether oxygens (including phenoxy) is 2. The lowest BCUT2D eigenvalue weighted by atomic mass is 10.3. The Bertz CT molecular complexity index is 552. The molecule has 0 spiro atoms. The van der Waals surface area contributed by atoms with Crippen LogP contribution in [0.4, 0.5) is 5.69 Å². The van der Waals surface area contributed by atoms with Crippen molar-refractivity contribution in [3.63, 3.8) is 0 Å². The molecular weight excluding hydrogens is 246 g/mol. The lowest BCUT2D eigenvalue weighted by molar-refractivity contribution is 0.0444. The Kier molecular flexibility index (Phi) is 4.02. The quantitative estimate of drug-likeness (QED) is 0.647. The normalized spacial score (nSPS) is 10.2. The van der Waals surface area contributed by atoms with Crippen LogP contribution >= 0.6 is 0 Å². The van der Waals surface area contributed by atoms with Crippen LogP contribution in [0.5, 0.6) is 5.75 Å². The molecule has 0 aliphatic heterocycles. The van der Waals surface area contributed by atoms with Crippen molar-refractivity contribution >= 4 is 11.7 Å². The van der Waals surface area contributed by atoms with Gasteiger partial charge >= 0.3 is 5.97 Å². The third kappa shape index (κ3) is 3.48. The van der Waals surface area contributed by atoms with Gasteiger partial charge in [0.1, 0.15) is 19.0 Å². The van der Waals surface area contributed by atoms with E-state index in [0.29, 0.717) is 5.69 Å². The molecule has 19 heavy (non-hydrogen) atoms. The number of nitrogens with zero attached hydrogens (tertiary/aromatic N) is 2. The molecule has 100 valence electrons. The lowest BCUT2D eigenvalue weighted by Crippen LogP contribution is -2.14. The van der Waals surface area contributed by atoms with Crippen molar-refractivity contribution in [2.45, 2.75) is 0 Å². The van der Waals surface area contributed by atoms with Crippen LogP contribution in [0.25, 0.3) is 0 Å². The molecule has 0 saturated carbocycles. The molecular formula is C13H15N3O3. The molecule has 0 saturated heterocycles. The Morgan fingerprint density at radius 2 is 2.05 bits per heavy atom. The Balaban J connectivity index is 1.77. The Hall–Kier alpha value is -2.50. The second-order valence-electron chi connectivity index (χ2n) is 3.90. The van der Waals surface area contributed by atoms with Gasteiger partial charge in [-0.05, 0) is 12.1 Å². The van der Waals surface area contributed by atoms with Gasteiger partial charge < -0.3 is 15.2 Å². The van der Waals surface area contributed by atoms with Crippen LogP contribution in [0.3, 0.4) is 0 Å². The number of rotatable bonds is 5. The molecule has 2 N–H and O–H groups in total. The summed E-state index contributed by atoms with van der Waals surface area (Å²) in [6, 6.07) is 9.31. The van der Waals surface area contributed by atoms with Gasteiger partial charge in [0.05, 0.1) is 5.69 Å². The molecule has 0 unspecified atom stereocenters. The maximum Gasteiger partial charge on any atom is 0.361 e. The van der Waals surface area contributed by atoms with E-state index >= 15 is 0 Å². The number of benzene rings is 1. The van der Waals surface area contributed by atoms with Crippen molar-refractivity contribution in [3.8, 4) is 5.75 Å². The summed E-state index contributed by atoms with van der Waals surface area (Å²) < 4.78 is 11.9. The van der Waals surface area contributed by atoms with E-state index in [1.54, 1.807) is 13.2 Å². The van der Waals surface area contributed by atoms with E-state index in [2.05, 4.69) is 5.10 Å². The molecule has 1 aromatic heterocycles. The highest BCUT2D eigenvalue weighted by Crippen LogP contribution is 2.10. The van der Waals surface area contributed by atoms with Crippen LogP contribution in [-0.2, 0) is 11.8 Å². The summed E-state index contributed by atoms with van der Waals surface area (Å²) in [5.74, 6) is 0.186. The third-order valence-electron chi connectivity index (χ3n) is 2.38. The summed E-state index contributed by atoms with van der Waals surface area (Å²) in [4.78, 5) is 11.7. The molecule has 0 fully saturated rings. The number of aryl methyl sites for hydroxylation is 1. The largest absolute Gasteiger partial charge is 0.490 e. The number of hydrogen-bond donors (Lipinski definition) is 1. The van der Waals surface area contributed by atoms with Crippen LogP contribution in [0, 0.1) is 0 Å². The first-order chi connectivity index (χ1) is 9.16. The number of carbonyl (C=O) groups is 1. The molecule has 2 rings (SSSR count). The molecule has 2 aromatic rings. The second kappa shape index (κ2) is 5.90. The minimum atomic E-state index is -0.547. The van der Waals surface area contributed by atoms with Crippen molar-refractivity contribution in [2.75, 3.05) is 18.9 Å². The van der Waals surface area contributed by atoms with Crippen molar-refractivity contribution in [3.05, 3.63) is 42.2 Å². The molecule has 6 nitrogen and oxygen atoms in total. The topological polar surface area (TPSA) is 79.4 Å². The average molecular weight is 261 g/mol. The molecule has 0 atom stereocenters. The first-order valence-electron chi connectivity index (χ1n) is 5.81. The van der Waals surface area contributed by atoms with E-state index in [-0.39, 0.29) is 18.9 Å². The van der Waals surface area contributed by atoms with Gasteiger partial charge in [-0.25, -0.2) is 4.79 Å². The van der Waals surface area contributed by atoms with E-state index in [9.17, 15) is 4.79 Å². The number of para-hydroxylation sites is 1. The Morgan fingerprint density at radius 3 is 2.68 bits per heavy atom. The number of anilines is 1. The van der Waals surface area contributed by atoms with Gasteiger partial charge in [0.2, 0.25) is 0 Å². The van der Waals surface area contributed by atoms with E-state index in [0.717, 1.165) is 5.75 Å². The first kappa shape index (κ1) is 12.9. The molecule has 0 amide bonds. The minimum Gasteiger partial charge on any atom is -0.490 e. The summed E-state index contributed by atoms with van der Waals surface area (Å²) in [5, 5.41) is 3.92. The zero-order valence-electron chi connectivity index (χ0n) is 10.6. The summed E-state index contributed by atoms with van der Waals surface area (Å²) in [6.07, 6.45) is 1.55. The molecule has 1 heterocycles. The summed E-state index contributed by atoms with van der Waals surface area (Å²) >= 11 is 0. The maximum atomic E-state index is 11.7. The highest BCUT2D eigenvalue weighted by Gasteiger charge is 2.15. The molecule has 1 aromatic carbocycles. The zero-order valence-corrected chi connectivity index (χ0v) is 10.6. The van der Waals surface area contributed by atoms with Crippen LogP contribution in [0.1, 0.15) is 10.5 Å². The maximum absolute atomic E-state index is 11.7. The second-order valence-corrected chi connectivity index (χ2v) is 3.90. The first-order valence-corrected chi connectivity index (χ1v) is 5.81. The average Bonchev–Trinajstić information content (AvgIpc) is 2.75. The number of carbonyl (C=O) groups excluding carboxylic acids is 1. The fraction of sp³-hybridized carbons (Fsp3) is 0.231. The van der Waals surface area contributed by atoms with Crippen LogP contribution < -0.4 is 10.5 Å². The number of nitrogens with two attached hydrogens (primary N) is 1. The predicted octanol–water partition coefficient (Wildman–Crippen LogP) is 1.24. The van der Waals surface area contributed by atoms with E-state index in [1.807, 2.05) is 30.3 Å². The number of aromatic nitrogens is 2. The van der Waals surface area contributed by atoms with Gasteiger partial charge in [-0.1, -0.05) is 18.2 Å². The van der Waals surface area contributed by atoms with Crippen molar-refractivity contribution < 1.29 is 14.3 Å². The van der Waals surface area contributed by atoms with E-state index in [1.165, 1.54) is 4.68 Å². The zero-order chi connectivity index (χ0) is 13.7. The summed E-state index contributed by atoms with van der Waals surface area (Å²) in [6.45, 7) is 0.423. The monoisotopic (exact) mass is 261 g/mol. The van der Waals surface area contributed by atoms with Crippen molar-refractivity contribution in [2.24, 2.45) is 7.05 Å². The molecule has 0 aliphatic rings. The fourth-order valence-electron chi connectivity index (χ4n) is 1.54. The van der Waals surface area contributed by atoms with Gasteiger partial charge in [0, 0.05) is 13.2 Å². The predicted molar refractivity (Wildman–Crippen MR) is 69.8 cm³/mol. The Labute approximate surface area is 110 Å². The third-order valence-corrected chi connectivity index (χ3v) is 2.38. The SMILES string of the molecule is Cn1cc(N)c(C(=O)OCCOc2ccccc2)n1.